The Morgan fingerprint density at radius 3 is 2.94 bits per heavy atom. The molecule has 5 nitrogen and oxygen atoms in total. The van der Waals surface area contributed by atoms with Gasteiger partial charge in [-0.15, -0.1) is 23.1 Å². The number of hydrogen-bond donors (Lipinski definition) is 2. The zero-order valence-corrected chi connectivity index (χ0v) is 11.6. The van der Waals surface area contributed by atoms with Crippen LogP contribution < -0.4 is 5.32 Å². The quantitative estimate of drug-likeness (QED) is 0.752. The summed E-state index contributed by atoms with van der Waals surface area (Å²) < 4.78 is 4.73. The van der Waals surface area contributed by atoms with Crippen LogP contribution in [0, 0.1) is 0 Å². The van der Waals surface area contributed by atoms with Crippen LogP contribution in [0.4, 0.5) is 0 Å². The van der Waals surface area contributed by atoms with Crippen molar-refractivity contribution in [2.24, 2.45) is 0 Å². The van der Waals surface area contributed by atoms with E-state index in [9.17, 15) is 9.59 Å². The van der Waals surface area contributed by atoms with Gasteiger partial charge in [-0.3, -0.25) is 4.79 Å². The van der Waals surface area contributed by atoms with E-state index in [-0.39, 0.29) is 18.3 Å². The van der Waals surface area contributed by atoms with Gasteiger partial charge in [-0.05, 0) is 11.4 Å². The van der Waals surface area contributed by atoms with E-state index in [4.69, 9.17) is 9.84 Å². The maximum atomic E-state index is 11.5. The lowest BCUT2D eigenvalue weighted by Gasteiger charge is -2.12. The molecule has 1 atom stereocenters. The van der Waals surface area contributed by atoms with E-state index in [0.717, 1.165) is 5.75 Å². The summed E-state index contributed by atoms with van der Waals surface area (Å²) in [6.45, 7) is -0.0311. The van der Waals surface area contributed by atoms with Gasteiger partial charge >= 0.3 is 5.97 Å². The van der Waals surface area contributed by atoms with E-state index in [1.807, 2.05) is 17.5 Å². The number of carboxylic acid groups (broad SMARTS) is 1. The Morgan fingerprint density at radius 2 is 2.39 bits per heavy atom. The molecule has 1 aromatic rings. The van der Waals surface area contributed by atoms with Gasteiger partial charge in [0.25, 0.3) is 0 Å². The minimum Gasteiger partial charge on any atom is -0.480 e. The minimum atomic E-state index is -1.09. The molecule has 0 aliphatic rings. The van der Waals surface area contributed by atoms with E-state index < -0.39 is 12.0 Å². The molecule has 0 fully saturated rings. The molecule has 0 spiro atoms. The lowest BCUT2D eigenvalue weighted by atomic mass is 10.3. The van der Waals surface area contributed by atoms with Crippen LogP contribution in [0.3, 0.4) is 0 Å². The molecule has 1 amide bonds. The van der Waals surface area contributed by atoms with Crippen LogP contribution in [-0.4, -0.2) is 42.5 Å². The third-order valence-corrected chi connectivity index (χ3v) is 4.06. The number of carbonyl (C=O) groups excluding carboxylic acids is 1. The highest BCUT2D eigenvalue weighted by molar-refractivity contribution is 7.99. The van der Waals surface area contributed by atoms with Gasteiger partial charge in [0.1, 0.15) is 0 Å². The molecule has 0 saturated heterocycles. The van der Waals surface area contributed by atoms with E-state index >= 15 is 0 Å². The summed E-state index contributed by atoms with van der Waals surface area (Å²) in [5, 5.41) is 13.2. The molecule has 0 aromatic carbocycles. The Hall–Kier alpha value is -1.05. The number of rotatable bonds is 8. The summed E-state index contributed by atoms with van der Waals surface area (Å²) in [6.07, 6.45) is 0. The van der Waals surface area contributed by atoms with Crippen LogP contribution in [0.25, 0.3) is 0 Å². The Labute approximate surface area is 114 Å². The highest BCUT2D eigenvalue weighted by atomic mass is 32.2. The second-order valence-electron chi connectivity index (χ2n) is 3.49. The highest BCUT2D eigenvalue weighted by Gasteiger charge is 2.19. The molecule has 1 aromatic heterocycles. The van der Waals surface area contributed by atoms with Crippen LogP contribution in [-0.2, 0) is 20.1 Å². The zero-order chi connectivity index (χ0) is 13.4. The highest BCUT2D eigenvalue weighted by Crippen LogP contribution is 2.16. The van der Waals surface area contributed by atoms with Crippen molar-refractivity contribution in [3.8, 4) is 0 Å². The van der Waals surface area contributed by atoms with Crippen molar-refractivity contribution < 1.29 is 19.4 Å². The van der Waals surface area contributed by atoms with E-state index in [2.05, 4.69) is 5.32 Å². The van der Waals surface area contributed by atoms with Crippen molar-refractivity contribution in [3.63, 3.8) is 0 Å². The van der Waals surface area contributed by atoms with Gasteiger partial charge in [-0.2, -0.15) is 0 Å². The molecule has 18 heavy (non-hydrogen) atoms. The van der Waals surface area contributed by atoms with Gasteiger partial charge in [0.2, 0.25) is 5.91 Å². The third-order valence-electron chi connectivity index (χ3n) is 2.02. The van der Waals surface area contributed by atoms with Crippen molar-refractivity contribution in [1.29, 1.82) is 0 Å². The second kappa shape index (κ2) is 8.12. The number of carboxylic acids is 1. The van der Waals surface area contributed by atoms with Crippen LogP contribution in [0.1, 0.15) is 4.88 Å². The normalized spacial score (nSPS) is 12.1. The molecule has 2 N–H and O–H groups in total. The second-order valence-corrected chi connectivity index (χ2v) is 5.50. The molecule has 0 aliphatic heterocycles. The molecule has 1 heterocycles. The first-order chi connectivity index (χ1) is 8.63. The first-order valence-electron chi connectivity index (χ1n) is 5.24. The number of nitrogens with one attached hydrogen (secondary N) is 1. The first-order valence-corrected chi connectivity index (χ1v) is 7.28. The molecule has 7 heteroatoms. The smallest absolute Gasteiger partial charge is 0.328 e. The number of amides is 1. The Bertz CT molecular complexity index is 380. The van der Waals surface area contributed by atoms with Crippen LogP contribution in [0.5, 0.6) is 0 Å². The summed E-state index contributed by atoms with van der Waals surface area (Å²) in [7, 11) is 1.40. The number of hydrogen-bond acceptors (Lipinski definition) is 5. The maximum Gasteiger partial charge on any atom is 0.328 e. The van der Waals surface area contributed by atoms with Crippen LogP contribution in [0.15, 0.2) is 17.5 Å². The standard InChI is InChI=1S/C11H15NO4S2/c1-16-5-9(11(14)15)12-10(13)7-17-6-8-3-2-4-18-8/h2-4,9H,5-7H2,1H3,(H,12,13)(H,14,15). The van der Waals surface area contributed by atoms with Crippen molar-refractivity contribution in [3.05, 3.63) is 22.4 Å². The Morgan fingerprint density at radius 1 is 1.61 bits per heavy atom. The average molecular weight is 289 g/mol. The molecule has 1 rings (SSSR count). The van der Waals surface area contributed by atoms with Gasteiger partial charge < -0.3 is 15.2 Å². The monoisotopic (exact) mass is 289 g/mol. The fourth-order valence-electron chi connectivity index (χ4n) is 1.22. The Kier molecular flexibility index (Phi) is 6.77. The van der Waals surface area contributed by atoms with Crippen molar-refractivity contribution >= 4 is 35.0 Å². The SMILES string of the molecule is COCC(NC(=O)CSCc1cccs1)C(=O)O. The molecule has 0 bridgehead atoms. The Balaban J connectivity index is 2.25. The fraction of sp³-hybridized carbons (Fsp3) is 0.455. The van der Waals surface area contributed by atoms with E-state index in [0.29, 0.717) is 0 Å². The lowest BCUT2D eigenvalue weighted by Crippen LogP contribution is -2.44. The molecular weight excluding hydrogens is 274 g/mol. The third kappa shape index (κ3) is 5.52. The predicted octanol–water partition coefficient (Wildman–Crippen LogP) is 1.20. The van der Waals surface area contributed by atoms with E-state index in [1.165, 1.54) is 23.7 Å². The largest absolute Gasteiger partial charge is 0.480 e. The molecule has 1 unspecified atom stereocenters. The zero-order valence-electron chi connectivity index (χ0n) is 9.92. The molecule has 0 saturated carbocycles. The summed E-state index contributed by atoms with van der Waals surface area (Å²) in [5.74, 6) is -0.382. The lowest BCUT2D eigenvalue weighted by molar-refractivity contribution is -0.142. The fourth-order valence-corrected chi connectivity index (χ4v) is 2.90. The summed E-state index contributed by atoms with van der Waals surface area (Å²) in [6, 6.07) is 2.98. The average Bonchev–Trinajstić information content (AvgIpc) is 2.81. The van der Waals surface area contributed by atoms with Gasteiger partial charge in [-0.25, -0.2) is 4.79 Å². The molecule has 0 radical (unpaired) electrons. The van der Waals surface area contributed by atoms with Gasteiger partial charge in [0, 0.05) is 17.7 Å². The summed E-state index contributed by atoms with van der Waals surface area (Å²) in [4.78, 5) is 23.5. The molecule has 0 aliphatic carbocycles. The number of ether oxygens (including phenoxy) is 1. The minimum absolute atomic E-state index is 0.0311. The molecular formula is C11H15NO4S2. The maximum absolute atomic E-state index is 11.5. The van der Waals surface area contributed by atoms with Crippen LogP contribution >= 0.6 is 23.1 Å². The number of carbonyl (C=O) groups is 2. The van der Waals surface area contributed by atoms with Crippen molar-refractivity contribution in [1.82, 2.24) is 5.32 Å². The number of aliphatic carboxylic acids is 1. The first kappa shape index (κ1) is 15.0. The van der Waals surface area contributed by atoms with E-state index in [1.54, 1.807) is 11.3 Å². The van der Waals surface area contributed by atoms with Crippen molar-refractivity contribution in [2.45, 2.75) is 11.8 Å². The summed E-state index contributed by atoms with van der Waals surface area (Å²) in [5.41, 5.74) is 0. The van der Waals surface area contributed by atoms with Crippen molar-refractivity contribution in [2.75, 3.05) is 19.5 Å². The number of methoxy groups -OCH3 is 1. The van der Waals surface area contributed by atoms with Gasteiger partial charge in [-0.1, -0.05) is 6.07 Å². The van der Waals surface area contributed by atoms with Crippen LogP contribution in [0.2, 0.25) is 0 Å². The summed E-state index contributed by atoms with van der Waals surface area (Å²) >= 11 is 3.09. The number of thioether (sulfide) groups is 1. The predicted molar refractivity (Wildman–Crippen MR) is 71.9 cm³/mol. The molecule has 100 valence electrons. The topological polar surface area (TPSA) is 75.6 Å². The van der Waals surface area contributed by atoms with Gasteiger partial charge in [0.15, 0.2) is 6.04 Å². The van der Waals surface area contributed by atoms with Gasteiger partial charge in [0.05, 0.1) is 12.4 Å². The number of thiophene rings is 1.